The molecule has 0 aliphatic carbocycles. The second-order valence-electron chi connectivity index (χ2n) is 4.88. The Kier molecular flexibility index (Phi) is 4.68. The van der Waals surface area contributed by atoms with E-state index in [1.165, 1.54) is 21.3 Å². The summed E-state index contributed by atoms with van der Waals surface area (Å²) in [5.41, 5.74) is 11.8. The molecule has 0 spiro atoms. The van der Waals surface area contributed by atoms with Gasteiger partial charge in [-0.15, -0.1) is 0 Å². The van der Waals surface area contributed by atoms with Crippen molar-refractivity contribution in [3.05, 3.63) is 53.5 Å². The van der Waals surface area contributed by atoms with Crippen LogP contribution in [0.4, 0.5) is 5.69 Å². The van der Waals surface area contributed by atoms with Gasteiger partial charge in [-0.3, -0.25) is 0 Å². The molecule has 3 rings (SSSR count). The van der Waals surface area contributed by atoms with E-state index in [1.54, 1.807) is 11.3 Å². The molecule has 1 heterocycles. The third kappa shape index (κ3) is 2.58. The average molecular weight is 408 g/mol. The lowest BCUT2D eigenvalue weighted by molar-refractivity contribution is -0.641. The van der Waals surface area contributed by atoms with E-state index < -0.39 is 0 Å². The summed E-state index contributed by atoms with van der Waals surface area (Å²) in [6.45, 7) is 5.98. The van der Waals surface area contributed by atoms with E-state index in [0.29, 0.717) is 0 Å². The summed E-state index contributed by atoms with van der Waals surface area (Å²) < 4.78 is 3.39. The van der Waals surface area contributed by atoms with Gasteiger partial charge in [0.25, 0.3) is 5.01 Å². The largest absolute Gasteiger partial charge is 1.00 e. The summed E-state index contributed by atoms with van der Waals surface area (Å²) in [4.78, 5) is 0. The smallest absolute Gasteiger partial charge is 0.261 e. The highest BCUT2D eigenvalue weighted by Gasteiger charge is 2.22. The molecule has 0 saturated carbocycles. The number of aromatic nitrogens is 1. The third-order valence-electron chi connectivity index (χ3n) is 3.68. The monoisotopic (exact) mass is 408 g/mol. The number of anilines is 1. The first-order valence-electron chi connectivity index (χ1n) is 6.53. The van der Waals surface area contributed by atoms with Gasteiger partial charge >= 0.3 is 0 Å². The van der Waals surface area contributed by atoms with Crippen LogP contribution in [0.3, 0.4) is 0 Å². The van der Waals surface area contributed by atoms with Crippen LogP contribution in [0.15, 0.2) is 43.0 Å². The molecule has 0 aliphatic heterocycles. The molecule has 0 amide bonds. The Bertz CT molecular complexity index is 807. The van der Waals surface area contributed by atoms with Gasteiger partial charge in [0.2, 0.25) is 5.52 Å². The Hall–Kier alpha value is -1.40. The third-order valence-corrected chi connectivity index (χ3v) is 4.86. The van der Waals surface area contributed by atoms with Crippen molar-refractivity contribution in [2.45, 2.75) is 6.92 Å². The fraction of sp³-hybridized carbons (Fsp3) is 0.118. The normalized spacial score (nSPS) is 10.4. The number of hydrogen-bond donors (Lipinski definition) is 1. The highest BCUT2D eigenvalue weighted by atomic mass is 127. The van der Waals surface area contributed by atoms with E-state index in [2.05, 4.69) is 55.4 Å². The summed E-state index contributed by atoms with van der Waals surface area (Å²) in [5.74, 6) is 0. The zero-order valence-electron chi connectivity index (χ0n) is 12.1. The van der Waals surface area contributed by atoms with Crippen molar-refractivity contribution < 1.29 is 28.5 Å². The Morgan fingerprint density at radius 2 is 1.90 bits per heavy atom. The molecule has 4 heteroatoms. The molecule has 0 aliphatic rings. The molecular formula is C17H17IN2S. The van der Waals surface area contributed by atoms with Gasteiger partial charge in [0.05, 0.1) is 5.56 Å². The second-order valence-corrected chi connectivity index (χ2v) is 5.94. The van der Waals surface area contributed by atoms with Gasteiger partial charge in [-0.25, -0.2) is 0 Å². The van der Waals surface area contributed by atoms with Crippen LogP contribution in [0.2, 0.25) is 0 Å². The molecule has 0 radical (unpaired) electrons. The minimum Gasteiger partial charge on any atom is -1.00 e. The SMILES string of the molecule is C=Cc1sc2cc(N)c(C)c(-c3ccccc3)c2[n+]1C.[I-]. The Balaban J connectivity index is 0.00000161. The minimum atomic E-state index is 0. The highest BCUT2D eigenvalue weighted by molar-refractivity contribution is 7.19. The molecule has 2 nitrogen and oxygen atoms in total. The number of nitrogen functional groups attached to an aromatic ring is 1. The number of rotatable bonds is 2. The number of halogens is 1. The molecule has 3 aromatic rings. The maximum Gasteiger partial charge on any atom is 0.261 e. The molecule has 108 valence electrons. The summed E-state index contributed by atoms with van der Waals surface area (Å²) >= 11 is 1.72. The van der Waals surface area contributed by atoms with Crippen molar-refractivity contribution in [3.8, 4) is 11.1 Å². The zero-order valence-corrected chi connectivity index (χ0v) is 15.0. The fourth-order valence-corrected chi connectivity index (χ4v) is 3.66. The molecule has 0 atom stereocenters. The molecule has 2 N–H and O–H groups in total. The predicted molar refractivity (Wildman–Crippen MR) is 87.7 cm³/mol. The van der Waals surface area contributed by atoms with Crippen LogP contribution in [0.1, 0.15) is 10.6 Å². The first kappa shape index (κ1) is 16.0. The van der Waals surface area contributed by atoms with Crippen molar-refractivity contribution in [1.82, 2.24) is 0 Å². The number of nitrogens with two attached hydrogens (primary N) is 1. The number of nitrogens with zero attached hydrogens (tertiary/aromatic N) is 1. The first-order valence-corrected chi connectivity index (χ1v) is 7.34. The van der Waals surface area contributed by atoms with E-state index in [-0.39, 0.29) is 24.0 Å². The van der Waals surface area contributed by atoms with Crippen molar-refractivity contribution in [1.29, 1.82) is 0 Å². The topological polar surface area (TPSA) is 29.9 Å². The number of fused-ring (bicyclic) bond motifs is 1. The van der Waals surface area contributed by atoms with Crippen molar-refractivity contribution in [3.63, 3.8) is 0 Å². The summed E-state index contributed by atoms with van der Waals surface area (Å²) in [6, 6.07) is 12.5. The molecule has 1 aromatic heterocycles. The van der Waals surface area contributed by atoms with E-state index >= 15 is 0 Å². The molecule has 0 saturated heterocycles. The Morgan fingerprint density at radius 1 is 1.24 bits per heavy atom. The Labute approximate surface area is 145 Å². The summed E-state index contributed by atoms with van der Waals surface area (Å²) in [7, 11) is 2.08. The van der Waals surface area contributed by atoms with Crippen LogP contribution >= 0.6 is 11.3 Å². The van der Waals surface area contributed by atoms with Crippen molar-refractivity contribution in [2.75, 3.05) is 5.73 Å². The lowest BCUT2D eigenvalue weighted by Gasteiger charge is -2.08. The van der Waals surface area contributed by atoms with Crippen LogP contribution in [-0.2, 0) is 7.05 Å². The predicted octanol–water partition coefficient (Wildman–Crippen LogP) is 0.930. The lowest BCUT2D eigenvalue weighted by atomic mass is 9.98. The van der Waals surface area contributed by atoms with Crippen LogP contribution in [-0.4, -0.2) is 0 Å². The fourth-order valence-electron chi connectivity index (χ4n) is 2.60. The maximum atomic E-state index is 6.20. The van der Waals surface area contributed by atoms with Gasteiger partial charge in [-0.05, 0) is 24.1 Å². The minimum absolute atomic E-state index is 0. The number of benzene rings is 2. The molecule has 0 bridgehead atoms. The van der Waals surface area contributed by atoms with Gasteiger partial charge < -0.3 is 29.7 Å². The first-order chi connectivity index (χ1) is 9.63. The summed E-state index contributed by atoms with van der Waals surface area (Å²) in [6.07, 6.45) is 1.89. The molecule has 0 fully saturated rings. The molecule has 2 aromatic carbocycles. The maximum absolute atomic E-state index is 6.20. The Morgan fingerprint density at radius 3 is 2.52 bits per heavy atom. The van der Waals surface area contributed by atoms with Gasteiger partial charge in [-0.2, -0.15) is 4.57 Å². The van der Waals surface area contributed by atoms with Crippen molar-refractivity contribution >= 4 is 33.3 Å². The number of thiazole rings is 1. The standard InChI is InChI=1S/C17H17N2S.HI/c1-4-15-19(3)17-14(20-15)10-13(18)11(2)16(17)12-8-6-5-7-9-12;/h4-10H,1,18H2,2-3H3;1H/q+1;/p-1. The molecule has 21 heavy (non-hydrogen) atoms. The second kappa shape index (κ2) is 6.15. The van der Waals surface area contributed by atoms with Crippen LogP contribution in [0, 0.1) is 6.92 Å². The van der Waals surface area contributed by atoms with Crippen LogP contribution in [0.25, 0.3) is 27.4 Å². The van der Waals surface area contributed by atoms with Gasteiger partial charge in [0, 0.05) is 11.8 Å². The lowest BCUT2D eigenvalue weighted by Crippen LogP contribution is -3.00. The van der Waals surface area contributed by atoms with Gasteiger partial charge in [0.1, 0.15) is 11.7 Å². The van der Waals surface area contributed by atoms with E-state index in [9.17, 15) is 0 Å². The number of hydrogen-bond acceptors (Lipinski definition) is 2. The highest BCUT2D eigenvalue weighted by Crippen LogP contribution is 2.36. The quantitative estimate of drug-likeness (QED) is 0.382. The van der Waals surface area contributed by atoms with Gasteiger partial charge in [-0.1, -0.05) is 48.2 Å². The molecule has 0 unspecified atom stereocenters. The zero-order chi connectivity index (χ0) is 14.3. The van der Waals surface area contributed by atoms with Crippen LogP contribution < -0.4 is 34.3 Å². The summed E-state index contributed by atoms with van der Waals surface area (Å²) in [5, 5.41) is 1.14. The van der Waals surface area contributed by atoms with Crippen LogP contribution in [0.5, 0.6) is 0 Å². The van der Waals surface area contributed by atoms with Gasteiger partial charge in [0.15, 0.2) is 0 Å². The number of aryl methyl sites for hydroxylation is 1. The molecular weight excluding hydrogens is 391 g/mol. The average Bonchev–Trinajstić information content (AvgIpc) is 2.77. The van der Waals surface area contributed by atoms with Crippen molar-refractivity contribution in [2.24, 2.45) is 7.05 Å². The van der Waals surface area contributed by atoms with E-state index in [4.69, 9.17) is 5.73 Å². The van der Waals surface area contributed by atoms with E-state index in [1.807, 2.05) is 12.1 Å². The van der Waals surface area contributed by atoms with E-state index in [0.717, 1.165) is 16.3 Å².